The van der Waals surface area contributed by atoms with Gasteiger partial charge in [-0.1, -0.05) is 50.1 Å². The molecule has 0 aliphatic heterocycles. The molecule has 27 heavy (non-hydrogen) atoms. The quantitative estimate of drug-likeness (QED) is 0.619. The van der Waals surface area contributed by atoms with Crippen molar-refractivity contribution in [3.63, 3.8) is 0 Å². The van der Waals surface area contributed by atoms with Gasteiger partial charge in [0.2, 0.25) is 5.89 Å². The molecule has 5 nitrogen and oxygen atoms in total. The lowest BCUT2D eigenvalue weighted by atomic mass is 9.70. The van der Waals surface area contributed by atoms with Crippen LogP contribution in [0.2, 0.25) is 0 Å². The van der Waals surface area contributed by atoms with Crippen LogP contribution in [-0.2, 0) is 11.3 Å². The molecule has 0 radical (unpaired) electrons. The summed E-state index contributed by atoms with van der Waals surface area (Å²) < 4.78 is 11.2. The highest BCUT2D eigenvalue weighted by molar-refractivity contribution is 4.98. The van der Waals surface area contributed by atoms with Crippen molar-refractivity contribution in [3.05, 3.63) is 11.7 Å². The fraction of sp³-hybridized carbons (Fsp3) is 0.909. The van der Waals surface area contributed by atoms with Crippen LogP contribution in [-0.4, -0.2) is 33.7 Å². The van der Waals surface area contributed by atoms with E-state index >= 15 is 0 Å². The average molecular weight is 376 g/mol. The first kappa shape index (κ1) is 19.4. The molecular formula is C22H37N3O2. The van der Waals surface area contributed by atoms with E-state index in [9.17, 15) is 0 Å². The fourth-order valence-electron chi connectivity index (χ4n) is 5.57. The first-order valence-corrected chi connectivity index (χ1v) is 11.5. The number of hydrogen-bond acceptors (Lipinski definition) is 5. The molecule has 0 aromatic carbocycles. The Kier molecular flexibility index (Phi) is 6.49. The number of hydrogen-bond donors (Lipinski definition) is 0. The van der Waals surface area contributed by atoms with Gasteiger partial charge in [-0.25, -0.2) is 0 Å². The molecule has 152 valence electrons. The maximum Gasteiger partial charge on any atom is 0.240 e. The molecule has 0 unspecified atom stereocenters. The van der Waals surface area contributed by atoms with Crippen LogP contribution in [0.4, 0.5) is 0 Å². The lowest BCUT2D eigenvalue weighted by Gasteiger charge is -2.44. The Morgan fingerprint density at radius 3 is 2.52 bits per heavy atom. The smallest absolute Gasteiger partial charge is 0.240 e. The molecule has 3 fully saturated rings. The van der Waals surface area contributed by atoms with Gasteiger partial charge in [0.25, 0.3) is 0 Å². The molecule has 0 saturated heterocycles. The van der Waals surface area contributed by atoms with Crippen LogP contribution in [0, 0.1) is 11.8 Å². The molecule has 5 heteroatoms. The molecule has 3 saturated carbocycles. The third-order valence-corrected chi connectivity index (χ3v) is 7.06. The molecule has 4 rings (SSSR count). The molecule has 3 aliphatic carbocycles. The second kappa shape index (κ2) is 9.04. The number of aromatic nitrogens is 2. The normalized spacial score (nSPS) is 28.6. The highest BCUT2D eigenvalue weighted by Crippen LogP contribution is 2.43. The predicted molar refractivity (Wildman–Crippen MR) is 105 cm³/mol. The predicted octanol–water partition coefficient (Wildman–Crippen LogP) is 5.27. The summed E-state index contributed by atoms with van der Waals surface area (Å²) in [6.45, 7) is 5.49. The van der Waals surface area contributed by atoms with Crippen molar-refractivity contribution in [1.29, 1.82) is 0 Å². The van der Waals surface area contributed by atoms with Crippen LogP contribution >= 0.6 is 0 Å². The van der Waals surface area contributed by atoms with Gasteiger partial charge in [-0.3, -0.25) is 4.90 Å². The van der Waals surface area contributed by atoms with Crippen molar-refractivity contribution < 1.29 is 9.26 Å². The minimum absolute atomic E-state index is 0.0912. The van der Waals surface area contributed by atoms with E-state index in [2.05, 4.69) is 15.0 Å². The largest absolute Gasteiger partial charge is 0.371 e. The summed E-state index contributed by atoms with van der Waals surface area (Å²) in [5, 5.41) is 4.18. The summed E-state index contributed by atoms with van der Waals surface area (Å²) in [5.41, 5.74) is 0. The lowest BCUT2D eigenvalue weighted by Crippen LogP contribution is -2.46. The standard InChI is InChI=1S/C22H37N3O2/c1-3-26-16(2)22-23-21(27-24-22)15-25(18-13-14-18)20-12-8-7-11-19(20)17-9-5-4-6-10-17/h16-20H,3-15H2,1-2H3/t16-,19+,20-/m1/s1. The van der Waals surface area contributed by atoms with Gasteiger partial charge in [0.1, 0.15) is 6.10 Å². The maximum atomic E-state index is 5.63. The van der Waals surface area contributed by atoms with E-state index in [4.69, 9.17) is 9.26 Å². The minimum Gasteiger partial charge on any atom is -0.371 e. The molecule has 3 aliphatic rings. The summed E-state index contributed by atoms with van der Waals surface area (Å²) in [6, 6.07) is 1.45. The SMILES string of the molecule is CCO[C@H](C)c1noc(CN(C2CC2)[C@@H]2CCCC[C@H]2C2CCCCC2)n1. The van der Waals surface area contributed by atoms with Crippen molar-refractivity contribution >= 4 is 0 Å². The van der Waals surface area contributed by atoms with E-state index in [0.717, 1.165) is 30.3 Å². The van der Waals surface area contributed by atoms with Crippen LogP contribution in [0.15, 0.2) is 4.52 Å². The molecule has 0 bridgehead atoms. The maximum absolute atomic E-state index is 5.63. The zero-order chi connectivity index (χ0) is 18.6. The van der Waals surface area contributed by atoms with E-state index in [0.29, 0.717) is 18.5 Å². The summed E-state index contributed by atoms with van der Waals surface area (Å²) in [4.78, 5) is 7.42. The Morgan fingerprint density at radius 2 is 1.78 bits per heavy atom. The van der Waals surface area contributed by atoms with Crippen molar-refractivity contribution in [1.82, 2.24) is 15.0 Å². The van der Waals surface area contributed by atoms with E-state index in [1.807, 2.05) is 13.8 Å². The lowest BCUT2D eigenvalue weighted by molar-refractivity contribution is 0.0390. The molecule has 3 atom stereocenters. The molecule has 1 aromatic rings. The topological polar surface area (TPSA) is 51.4 Å². The zero-order valence-corrected chi connectivity index (χ0v) is 17.2. The van der Waals surface area contributed by atoms with Crippen LogP contribution in [0.25, 0.3) is 0 Å². The van der Waals surface area contributed by atoms with Gasteiger partial charge in [0, 0.05) is 18.7 Å². The van der Waals surface area contributed by atoms with Gasteiger partial charge >= 0.3 is 0 Å². The van der Waals surface area contributed by atoms with Crippen LogP contribution < -0.4 is 0 Å². The molecule has 0 spiro atoms. The Labute approximate surface area is 164 Å². The second-order valence-corrected chi connectivity index (χ2v) is 8.96. The minimum atomic E-state index is -0.0912. The van der Waals surface area contributed by atoms with Gasteiger partial charge in [-0.15, -0.1) is 0 Å². The Hall–Kier alpha value is -0.940. The van der Waals surface area contributed by atoms with Gasteiger partial charge in [-0.2, -0.15) is 4.98 Å². The highest BCUT2D eigenvalue weighted by Gasteiger charge is 2.41. The zero-order valence-electron chi connectivity index (χ0n) is 17.2. The van der Waals surface area contributed by atoms with E-state index in [-0.39, 0.29) is 6.10 Å². The van der Waals surface area contributed by atoms with Crippen LogP contribution in [0.5, 0.6) is 0 Å². The van der Waals surface area contributed by atoms with E-state index < -0.39 is 0 Å². The summed E-state index contributed by atoms with van der Waals surface area (Å²) in [7, 11) is 0. The van der Waals surface area contributed by atoms with Gasteiger partial charge in [0.05, 0.1) is 6.54 Å². The van der Waals surface area contributed by atoms with Crippen molar-refractivity contribution in [3.8, 4) is 0 Å². The number of ether oxygens (including phenoxy) is 1. The Morgan fingerprint density at radius 1 is 1.04 bits per heavy atom. The van der Waals surface area contributed by atoms with Gasteiger partial charge < -0.3 is 9.26 Å². The Bertz CT molecular complexity index is 580. The highest BCUT2D eigenvalue weighted by atomic mass is 16.5. The fourth-order valence-corrected chi connectivity index (χ4v) is 5.57. The van der Waals surface area contributed by atoms with Gasteiger partial charge in [-0.05, 0) is 51.4 Å². The molecule has 0 amide bonds. The summed E-state index contributed by atoms with van der Waals surface area (Å²) >= 11 is 0. The molecular weight excluding hydrogens is 338 g/mol. The molecule has 1 aromatic heterocycles. The van der Waals surface area contributed by atoms with E-state index in [1.165, 1.54) is 70.6 Å². The number of nitrogens with zero attached hydrogens (tertiary/aromatic N) is 3. The van der Waals surface area contributed by atoms with Crippen LogP contribution in [0.3, 0.4) is 0 Å². The van der Waals surface area contributed by atoms with Crippen molar-refractivity contribution in [2.75, 3.05) is 6.61 Å². The summed E-state index contributed by atoms with van der Waals surface area (Å²) in [6.07, 6.45) is 15.4. The third-order valence-electron chi connectivity index (χ3n) is 7.06. The third kappa shape index (κ3) is 4.73. The van der Waals surface area contributed by atoms with Crippen molar-refractivity contribution in [2.45, 2.75) is 109 Å². The Balaban J connectivity index is 1.46. The van der Waals surface area contributed by atoms with Gasteiger partial charge in [0.15, 0.2) is 5.82 Å². The first-order valence-electron chi connectivity index (χ1n) is 11.5. The van der Waals surface area contributed by atoms with Crippen molar-refractivity contribution in [2.24, 2.45) is 11.8 Å². The average Bonchev–Trinajstić information content (AvgIpc) is 3.44. The monoisotopic (exact) mass is 375 g/mol. The summed E-state index contributed by atoms with van der Waals surface area (Å²) in [5.74, 6) is 3.29. The molecule has 0 N–H and O–H groups in total. The second-order valence-electron chi connectivity index (χ2n) is 8.96. The van der Waals surface area contributed by atoms with Crippen LogP contribution in [0.1, 0.15) is 102 Å². The first-order chi connectivity index (χ1) is 13.3. The molecule has 1 heterocycles. The van der Waals surface area contributed by atoms with E-state index in [1.54, 1.807) is 0 Å². The number of rotatable bonds is 8.